The fourth-order valence-electron chi connectivity index (χ4n) is 12.2. The van der Waals surface area contributed by atoms with E-state index in [1.54, 1.807) is 0 Å². The minimum absolute atomic E-state index is 1.16. The van der Waals surface area contributed by atoms with Crippen LogP contribution in [0.2, 0.25) is 0 Å². The Labute approximate surface area is 438 Å². The molecule has 2 nitrogen and oxygen atoms in total. The second kappa shape index (κ2) is 18.5. The van der Waals surface area contributed by atoms with Crippen LogP contribution in [0, 0.1) is 0 Å². The van der Waals surface area contributed by atoms with Crippen LogP contribution in [0.4, 0.5) is 0 Å². The molecule has 12 aromatic carbocycles. The van der Waals surface area contributed by atoms with Gasteiger partial charge in [0, 0.05) is 38.2 Å². The molecule has 75 heavy (non-hydrogen) atoms. The van der Waals surface area contributed by atoms with Gasteiger partial charge < -0.3 is 9.13 Å². The zero-order chi connectivity index (χ0) is 49.7. The van der Waals surface area contributed by atoms with Crippen LogP contribution in [0.3, 0.4) is 0 Å². The fraction of sp³-hybridized carbons (Fsp3) is 0. The lowest BCUT2D eigenvalue weighted by atomic mass is 9.95. The Hall–Kier alpha value is -9.54. The Balaban J connectivity index is 1.06. The Morgan fingerprint density at radius 3 is 1.12 bits per heavy atom. The van der Waals surface area contributed by atoms with Crippen molar-refractivity contribution in [3.8, 4) is 55.9 Å². The van der Waals surface area contributed by atoms with E-state index in [0.717, 1.165) is 33.5 Å². The molecule has 0 saturated heterocycles. The van der Waals surface area contributed by atoms with Crippen LogP contribution in [0.1, 0.15) is 0 Å². The topological polar surface area (TPSA) is 9.86 Å². The maximum absolute atomic E-state index is 3.09. The highest BCUT2D eigenvalue weighted by molar-refractivity contribution is 7.20. The summed E-state index contributed by atoms with van der Waals surface area (Å²) in [6, 6.07) is 113. The molecule has 14 aromatic rings. The number of nitrogens with zero attached hydrogens (tertiary/aromatic N) is 2. The number of hydrogen-bond donors (Lipinski definition) is 0. The Bertz CT molecular complexity index is 4220. The van der Waals surface area contributed by atoms with E-state index >= 15 is 0 Å². The van der Waals surface area contributed by atoms with Crippen molar-refractivity contribution in [3.05, 3.63) is 303 Å². The summed E-state index contributed by atoms with van der Waals surface area (Å²) in [7, 11) is -3.09. The molecule has 0 N–H and O–H groups in total. The first kappa shape index (κ1) is 44.2. The summed E-state index contributed by atoms with van der Waals surface area (Å²) >= 11 is 0. The lowest BCUT2D eigenvalue weighted by molar-refractivity contribution is 1.18. The van der Waals surface area contributed by atoms with Gasteiger partial charge in [0.2, 0.25) is 0 Å². The molecule has 0 amide bonds. The van der Waals surface area contributed by atoms with Gasteiger partial charge in [0.1, 0.15) is 0 Å². The molecule has 2 heterocycles. The average molecular weight is 971 g/mol. The summed E-state index contributed by atoms with van der Waals surface area (Å²) in [5.74, 6) is 0. The van der Waals surface area contributed by atoms with Gasteiger partial charge in [-0.2, -0.15) is 0 Å². The number of hydrogen-bond acceptors (Lipinski definition) is 0. The lowest BCUT2D eigenvalue weighted by Crippen LogP contribution is -2.74. The van der Waals surface area contributed by atoms with Crippen LogP contribution in [0.15, 0.2) is 303 Å². The largest absolute Gasteiger partial charge is 0.309 e. The van der Waals surface area contributed by atoms with Crippen LogP contribution in [0.25, 0.3) is 99.5 Å². The number of aromatic nitrogens is 2. The highest BCUT2D eigenvalue weighted by Gasteiger charge is 2.42. The van der Waals surface area contributed by atoms with Crippen molar-refractivity contribution in [2.24, 2.45) is 0 Å². The van der Waals surface area contributed by atoms with Crippen LogP contribution < -0.4 is 20.7 Å². The number of para-hydroxylation sites is 4. The van der Waals surface area contributed by atoms with Crippen LogP contribution >= 0.6 is 0 Å². The molecule has 0 aliphatic heterocycles. The van der Waals surface area contributed by atoms with E-state index in [9.17, 15) is 0 Å². The van der Waals surface area contributed by atoms with Gasteiger partial charge in [0.25, 0.3) is 0 Å². The van der Waals surface area contributed by atoms with Crippen molar-refractivity contribution in [2.75, 3.05) is 0 Å². The van der Waals surface area contributed by atoms with Gasteiger partial charge in [-0.25, -0.2) is 0 Å². The first-order valence-corrected chi connectivity index (χ1v) is 27.9. The van der Waals surface area contributed by atoms with Crippen molar-refractivity contribution in [1.82, 2.24) is 9.13 Å². The molecule has 3 heteroatoms. The Kier molecular flexibility index (Phi) is 10.9. The predicted octanol–water partition coefficient (Wildman–Crippen LogP) is 15.9. The molecule has 0 bridgehead atoms. The SMILES string of the molecule is c1ccc(-c2ccc([Si](c3ccccc3)(c3ccccc3)c3cc(-c4ccccc4)c(-n4c5ccccc5c5cc(-c6ccccc6-n6c7ccccc7c7ccccc76)ccc54)c(-c4ccccc4)c3)cc2)cc1. The standard InChI is InChI=1S/C72H50N2Si/c1-6-24-51(25-7-1)52-42-45-58(46-43-52)75(56-30-12-4-13-31-56,57-32-14-5-15-33-57)59-49-64(53-26-8-2-9-27-53)72(65(50-59)54-28-10-3-11-29-54)74-70-41-23-19-37-63(70)66-48-55(44-47-71(66)74)60-34-16-20-38-67(60)73-68-39-21-17-35-61(68)62-36-18-22-40-69(62)73/h1-50H. The van der Waals surface area contributed by atoms with Gasteiger partial charge in [-0.3, -0.25) is 0 Å². The van der Waals surface area contributed by atoms with Crippen molar-refractivity contribution >= 4 is 72.4 Å². The van der Waals surface area contributed by atoms with Gasteiger partial charge in [-0.05, 0) is 85.0 Å². The zero-order valence-electron chi connectivity index (χ0n) is 41.3. The first-order valence-electron chi connectivity index (χ1n) is 25.9. The van der Waals surface area contributed by atoms with Gasteiger partial charge >= 0.3 is 0 Å². The summed E-state index contributed by atoms with van der Waals surface area (Å²) in [5.41, 5.74) is 16.5. The first-order chi connectivity index (χ1) is 37.2. The number of rotatable bonds is 10. The zero-order valence-corrected chi connectivity index (χ0v) is 42.3. The molecule has 0 fully saturated rings. The molecule has 14 rings (SSSR count). The van der Waals surface area contributed by atoms with Crippen molar-refractivity contribution in [3.63, 3.8) is 0 Å². The predicted molar refractivity (Wildman–Crippen MR) is 320 cm³/mol. The summed E-state index contributed by atoms with van der Waals surface area (Å²) in [4.78, 5) is 0. The molecular weight excluding hydrogens is 921 g/mol. The van der Waals surface area contributed by atoms with E-state index in [4.69, 9.17) is 0 Å². The second-order valence-electron chi connectivity index (χ2n) is 19.5. The molecule has 0 aliphatic carbocycles. The van der Waals surface area contributed by atoms with Crippen LogP contribution in [0.5, 0.6) is 0 Å². The summed E-state index contributed by atoms with van der Waals surface area (Å²) in [6.07, 6.45) is 0. The number of fused-ring (bicyclic) bond motifs is 6. The summed E-state index contributed by atoms with van der Waals surface area (Å²) < 4.78 is 5.00. The summed E-state index contributed by atoms with van der Waals surface area (Å²) in [6.45, 7) is 0. The number of benzene rings is 12. The molecule has 0 atom stereocenters. The molecule has 0 aliphatic rings. The second-order valence-corrected chi connectivity index (χ2v) is 23.4. The minimum atomic E-state index is -3.09. The van der Waals surface area contributed by atoms with E-state index < -0.39 is 8.07 Å². The molecule has 0 radical (unpaired) electrons. The average Bonchev–Trinajstić information content (AvgIpc) is 4.08. The molecule has 0 spiro atoms. The Morgan fingerprint density at radius 2 is 0.587 bits per heavy atom. The van der Waals surface area contributed by atoms with Crippen LogP contribution in [-0.2, 0) is 0 Å². The fourth-order valence-corrected chi connectivity index (χ4v) is 16.9. The van der Waals surface area contributed by atoms with Crippen molar-refractivity contribution in [1.29, 1.82) is 0 Å². The third-order valence-corrected chi connectivity index (χ3v) is 20.2. The van der Waals surface area contributed by atoms with Crippen molar-refractivity contribution < 1.29 is 0 Å². The summed E-state index contributed by atoms with van der Waals surface area (Å²) in [5, 5.41) is 10.2. The monoisotopic (exact) mass is 970 g/mol. The third kappa shape index (κ3) is 7.31. The van der Waals surface area contributed by atoms with Gasteiger partial charge in [0.15, 0.2) is 8.07 Å². The molecule has 352 valence electrons. The highest BCUT2D eigenvalue weighted by atomic mass is 28.3. The molecule has 0 unspecified atom stereocenters. The highest BCUT2D eigenvalue weighted by Crippen LogP contribution is 2.44. The molecule has 2 aromatic heterocycles. The van der Waals surface area contributed by atoms with Gasteiger partial charge in [-0.15, -0.1) is 0 Å². The van der Waals surface area contributed by atoms with Gasteiger partial charge in [-0.1, -0.05) is 267 Å². The van der Waals surface area contributed by atoms with Crippen LogP contribution in [-0.4, -0.2) is 17.2 Å². The maximum Gasteiger partial charge on any atom is 0.179 e. The lowest BCUT2D eigenvalue weighted by Gasteiger charge is -2.36. The van der Waals surface area contributed by atoms with E-state index in [0.29, 0.717) is 0 Å². The molecular formula is C72H50N2Si. The van der Waals surface area contributed by atoms with E-state index in [2.05, 4.69) is 312 Å². The molecule has 0 saturated carbocycles. The minimum Gasteiger partial charge on any atom is -0.309 e. The normalized spacial score (nSPS) is 11.7. The van der Waals surface area contributed by atoms with E-state index in [1.807, 2.05) is 0 Å². The van der Waals surface area contributed by atoms with Gasteiger partial charge in [0.05, 0.1) is 33.4 Å². The smallest absolute Gasteiger partial charge is 0.179 e. The third-order valence-electron chi connectivity index (χ3n) is 15.5. The quantitative estimate of drug-likeness (QED) is 0.0955. The van der Waals surface area contributed by atoms with E-state index in [1.165, 1.54) is 86.7 Å². The van der Waals surface area contributed by atoms with Crippen molar-refractivity contribution in [2.45, 2.75) is 0 Å². The Morgan fingerprint density at radius 1 is 0.213 bits per heavy atom. The maximum atomic E-state index is 2.56. The van der Waals surface area contributed by atoms with E-state index in [-0.39, 0.29) is 0 Å².